The topological polar surface area (TPSA) is 86.7 Å². The molecule has 0 bridgehead atoms. The van der Waals surface area contributed by atoms with Gasteiger partial charge < -0.3 is 0 Å². The van der Waals surface area contributed by atoms with Crippen LogP contribution in [0.5, 0.6) is 0 Å². The van der Waals surface area contributed by atoms with Gasteiger partial charge in [0, 0.05) is 11.6 Å². The van der Waals surface area contributed by atoms with Gasteiger partial charge in [0.1, 0.15) is 5.82 Å². The second-order valence-electron chi connectivity index (χ2n) is 4.87. The molecule has 0 unspecified atom stereocenters. The SMILES string of the molecule is O=[N+]([O-])c1cc(C(F)(F)F)ccc1-n1nnc(-c2cccc(F)c2)n1. The Hall–Kier alpha value is -3.37. The lowest BCUT2D eigenvalue weighted by atomic mass is 10.1. The normalized spacial score (nSPS) is 11.5. The highest BCUT2D eigenvalue weighted by Crippen LogP contribution is 2.34. The fraction of sp³-hybridized carbons (Fsp3) is 0.0714. The molecule has 7 nitrogen and oxygen atoms in total. The molecule has 0 spiro atoms. The van der Waals surface area contributed by atoms with Crippen molar-refractivity contribution in [2.45, 2.75) is 6.18 Å². The van der Waals surface area contributed by atoms with Crippen molar-refractivity contribution in [2.75, 3.05) is 0 Å². The molecular formula is C14H7F4N5O2. The van der Waals surface area contributed by atoms with E-state index in [4.69, 9.17) is 0 Å². The van der Waals surface area contributed by atoms with Crippen LogP contribution < -0.4 is 0 Å². The third kappa shape index (κ3) is 3.29. The van der Waals surface area contributed by atoms with E-state index in [0.717, 1.165) is 16.9 Å². The molecule has 0 aliphatic rings. The highest BCUT2D eigenvalue weighted by atomic mass is 19.4. The van der Waals surface area contributed by atoms with Crippen LogP contribution in [0, 0.1) is 15.9 Å². The summed E-state index contributed by atoms with van der Waals surface area (Å²) >= 11 is 0. The third-order valence-corrected chi connectivity index (χ3v) is 3.21. The number of benzene rings is 2. The lowest BCUT2D eigenvalue weighted by Gasteiger charge is -2.07. The van der Waals surface area contributed by atoms with Crippen LogP contribution in [0.2, 0.25) is 0 Å². The highest BCUT2D eigenvalue weighted by Gasteiger charge is 2.33. The molecule has 128 valence electrons. The lowest BCUT2D eigenvalue weighted by Crippen LogP contribution is -2.09. The van der Waals surface area contributed by atoms with Crippen molar-refractivity contribution in [1.82, 2.24) is 20.2 Å². The molecule has 0 amide bonds. The Balaban J connectivity index is 2.07. The van der Waals surface area contributed by atoms with E-state index in [9.17, 15) is 27.7 Å². The maximum atomic E-state index is 13.2. The molecule has 0 saturated heterocycles. The molecule has 0 radical (unpaired) electrons. The predicted octanol–water partition coefficient (Wildman–Crippen LogP) is 3.40. The number of hydrogen-bond acceptors (Lipinski definition) is 5. The van der Waals surface area contributed by atoms with Crippen LogP contribution in [0.3, 0.4) is 0 Å². The first kappa shape index (κ1) is 16.5. The maximum absolute atomic E-state index is 13.2. The summed E-state index contributed by atoms with van der Waals surface area (Å²) in [6.45, 7) is 0. The van der Waals surface area contributed by atoms with Gasteiger partial charge in [-0.1, -0.05) is 12.1 Å². The Morgan fingerprint density at radius 2 is 1.88 bits per heavy atom. The minimum atomic E-state index is -4.73. The van der Waals surface area contributed by atoms with Crippen LogP contribution in [0.25, 0.3) is 17.1 Å². The summed E-state index contributed by atoms with van der Waals surface area (Å²) in [5.41, 5.74) is -2.04. The van der Waals surface area contributed by atoms with Gasteiger partial charge in [0.25, 0.3) is 5.69 Å². The summed E-state index contributed by atoms with van der Waals surface area (Å²) in [5, 5.41) is 22.2. The average molecular weight is 353 g/mol. The Morgan fingerprint density at radius 3 is 2.52 bits per heavy atom. The molecule has 0 aliphatic heterocycles. The van der Waals surface area contributed by atoms with Crippen LogP contribution in [-0.4, -0.2) is 25.1 Å². The van der Waals surface area contributed by atoms with Crippen LogP contribution >= 0.6 is 0 Å². The predicted molar refractivity (Wildman–Crippen MR) is 76.2 cm³/mol. The Bertz CT molecular complexity index is 954. The second-order valence-corrected chi connectivity index (χ2v) is 4.87. The average Bonchev–Trinajstić information content (AvgIpc) is 3.03. The molecule has 1 aromatic heterocycles. The van der Waals surface area contributed by atoms with Gasteiger partial charge in [0.15, 0.2) is 5.69 Å². The van der Waals surface area contributed by atoms with Gasteiger partial charge >= 0.3 is 6.18 Å². The van der Waals surface area contributed by atoms with E-state index in [2.05, 4.69) is 15.4 Å². The number of alkyl halides is 3. The summed E-state index contributed by atoms with van der Waals surface area (Å²) in [4.78, 5) is 10.8. The Kier molecular flexibility index (Phi) is 3.91. The zero-order chi connectivity index (χ0) is 18.2. The van der Waals surface area contributed by atoms with Crippen molar-refractivity contribution in [3.8, 4) is 17.1 Å². The Labute approximate surface area is 136 Å². The van der Waals surface area contributed by atoms with Gasteiger partial charge in [-0.2, -0.15) is 13.2 Å². The molecule has 0 fully saturated rings. The summed E-state index contributed by atoms with van der Waals surface area (Å²) < 4.78 is 51.4. The summed E-state index contributed by atoms with van der Waals surface area (Å²) in [6, 6.07) is 7.17. The smallest absolute Gasteiger partial charge is 0.258 e. The Morgan fingerprint density at radius 1 is 1.12 bits per heavy atom. The number of rotatable bonds is 3. The molecule has 2 aromatic carbocycles. The summed E-state index contributed by atoms with van der Waals surface area (Å²) in [5.74, 6) is -0.581. The summed E-state index contributed by atoms with van der Waals surface area (Å²) in [6.07, 6.45) is -4.73. The molecule has 1 heterocycles. The second kappa shape index (κ2) is 5.92. The fourth-order valence-electron chi connectivity index (χ4n) is 2.07. The van der Waals surface area contributed by atoms with E-state index in [1.54, 1.807) is 0 Å². The number of hydrogen-bond donors (Lipinski definition) is 0. The van der Waals surface area contributed by atoms with E-state index < -0.39 is 28.2 Å². The molecule has 3 rings (SSSR count). The maximum Gasteiger partial charge on any atom is 0.416 e. The van der Waals surface area contributed by atoms with E-state index in [1.807, 2.05) is 0 Å². The van der Waals surface area contributed by atoms with Crippen molar-refractivity contribution >= 4 is 5.69 Å². The molecule has 0 atom stereocenters. The minimum absolute atomic E-state index is 0.0336. The monoisotopic (exact) mass is 353 g/mol. The van der Waals surface area contributed by atoms with Gasteiger partial charge in [-0.05, 0) is 29.5 Å². The summed E-state index contributed by atoms with van der Waals surface area (Å²) in [7, 11) is 0. The molecule has 25 heavy (non-hydrogen) atoms. The number of nitro benzene ring substituents is 1. The first-order valence-corrected chi connectivity index (χ1v) is 6.67. The van der Waals surface area contributed by atoms with Crippen LogP contribution in [0.1, 0.15) is 5.56 Å². The molecule has 0 saturated carbocycles. The van der Waals surface area contributed by atoms with Crippen molar-refractivity contribution in [2.24, 2.45) is 0 Å². The molecule has 0 aliphatic carbocycles. The standard InChI is InChI=1S/C14H7F4N5O2/c15-10-3-1-2-8(6-10)13-19-21-22(20-13)11-5-4-9(14(16,17)18)7-12(11)23(24)25/h1-7H. The van der Waals surface area contributed by atoms with Gasteiger partial charge in [-0.3, -0.25) is 10.1 Å². The van der Waals surface area contributed by atoms with E-state index >= 15 is 0 Å². The van der Waals surface area contributed by atoms with Crippen LogP contribution in [-0.2, 0) is 6.18 Å². The zero-order valence-electron chi connectivity index (χ0n) is 12.1. The largest absolute Gasteiger partial charge is 0.416 e. The van der Waals surface area contributed by atoms with Gasteiger partial charge in [-0.25, -0.2) is 4.39 Å². The fourth-order valence-corrected chi connectivity index (χ4v) is 2.07. The zero-order valence-corrected chi connectivity index (χ0v) is 12.1. The number of nitro groups is 1. The van der Waals surface area contributed by atoms with Crippen molar-refractivity contribution in [3.05, 3.63) is 64.0 Å². The van der Waals surface area contributed by atoms with Crippen LogP contribution in [0.15, 0.2) is 42.5 Å². The molecule has 0 N–H and O–H groups in total. The van der Waals surface area contributed by atoms with Gasteiger partial charge in [-0.15, -0.1) is 15.0 Å². The van der Waals surface area contributed by atoms with E-state index in [-0.39, 0.29) is 17.1 Å². The van der Waals surface area contributed by atoms with E-state index in [0.29, 0.717) is 12.1 Å². The first-order valence-electron chi connectivity index (χ1n) is 6.67. The number of halogens is 4. The first-order chi connectivity index (χ1) is 11.8. The van der Waals surface area contributed by atoms with Crippen molar-refractivity contribution < 1.29 is 22.5 Å². The molecular weight excluding hydrogens is 346 g/mol. The van der Waals surface area contributed by atoms with Crippen molar-refractivity contribution in [1.29, 1.82) is 0 Å². The number of tetrazole rings is 1. The quantitative estimate of drug-likeness (QED) is 0.409. The number of aromatic nitrogens is 4. The third-order valence-electron chi connectivity index (χ3n) is 3.21. The van der Waals surface area contributed by atoms with Gasteiger partial charge in [0.2, 0.25) is 5.82 Å². The minimum Gasteiger partial charge on any atom is -0.258 e. The molecule has 3 aromatic rings. The lowest BCUT2D eigenvalue weighted by molar-refractivity contribution is -0.384. The van der Waals surface area contributed by atoms with E-state index in [1.165, 1.54) is 18.2 Å². The van der Waals surface area contributed by atoms with Crippen molar-refractivity contribution in [3.63, 3.8) is 0 Å². The van der Waals surface area contributed by atoms with Crippen LogP contribution in [0.4, 0.5) is 23.2 Å². The highest BCUT2D eigenvalue weighted by molar-refractivity contribution is 5.56. The number of nitrogens with zero attached hydrogens (tertiary/aromatic N) is 5. The molecule has 11 heteroatoms. The van der Waals surface area contributed by atoms with Gasteiger partial charge in [0.05, 0.1) is 10.5 Å².